The van der Waals surface area contributed by atoms with Crippen LogP contribution in [0.1, 0.15) is 0 Å². The van der Waals surface area contributed by atoms with E-state index in [1.165, 1.54) is 5.01 Å². The molecule has 0 unspecified atom stereocenters. The summed E-state index contributed by atoms with van der Waals surface area (Å²) in [6, 6.07) is 5.41. The van der Waals surface area contributed by atoms with E-state index >= 15 is 0 Å². The number of nitrogens with zero attached hydrogens (tertiary/aromatic N) is 1. The molecule has 0 fully saturated rings. The summed E-state index contributed by atoms with van der Waals surface area (Å²) in [7, 11) is 3.30. The number of hydrogen-bond donors (Lipinski definition) is 2. The molecule has 0 radical (unpaired) electrons. The first-order valence-electron chi connectivity index (χ1n) is 3.57. The number of nitrogen functional groups attached to an aromatic ring is 1. The molecule has 0 aromatic heterocycles. The molecule has 0 spiro atoms. The third-order valence-corrected chi connectivity index (χ3v) is 1.60. The molecular weight excluding hydrogens is 154 g/mol. The van der Waals surface area contributed by atoms with Crippen LogP contribution in [-0.4, -0.2) is 14.2 Å². The molecule has 0 aliphatic heterocycles. The third-order valence-electron chi connectivity index (χ3n) is 1.60. The Morgan fingerprint density at radius 1 is 1.42 bits per heavy atom. The molecule has 0 aliphatic rings. The monoisotopic (exact) mass is 167 g/mol. The second kappa shape index (κ2) is 3.32. The Morgan fingerprint density at radius 2 is 2.08 bits per heavy atom. The van der Waals surface area contributed by atoms with Gasteiger partial charge in [-0.25, -0.2) is 5.84 Å². The van der Waals surface area contributed by atoms with Gasteiger partial charge < -0.3 is 15.5 Å². The first-order valence-corrected chi connectivity index (χ1v) is 3.57. The minimum absolute atomic E-state index is 0.611. The van der Waals surface area contributed by atoms with Gasteiger partial charge in [-0.2, -0.15) is 0 Å². The fourth-order valence-electron chi connectivity index (χ4n) is 1.08. The minimum Gasteiger partial charge on any atom is -0.494 e. The van der Waals surface area contributed by atoms with E-state index in [1.807, 2.05) is 12.1 Å². The average molecular weight is 167 g/mol. The van der Waals surface area contributed by atoms with Gasteiger partial charge in [0, 0.05) is 7.05 Å². The van der Waals surface area contributed by atoms with Gasteiger partial charge >= 0.3 is 0 Å². The summed E-state index contributed by atoms with van der Waals surface area (Å²) in [5.74, 6) is 6.24. The SMILES string of the molecule is COc1cccc(N)c1N(C)N. The Hall–Kier alpha value is -1.42. The maximum Gasteiger partial charge on any atom is 0.145 e. The summed E-state index contributed by atoms with van der Waals surface area (Å²) in [4.78, 5) is 0. The lowest BCUT2D eigenvalue weighted by Gasteiger charge is -2.17. The highest BCUT2D eigenvalue weighted by Gasteiger charge is 2.07. The van der Waals surface area contributed by atoms with Crippen LogP contribution >= 0.6 is 0 Å². The van der Waals surface area contributed by atoms with Crippen molar-refractivity contribution in [3.63, 3.8) is 0 Å². The van der Waals surface area contributed by atoms with Gasteiger partial charge in [0.05, 0.1) is 12.8 Å². The van der Waals surface area contributed by atoms with Crippen molar-refractivity contribution in [2.75, 3.05) is 24.9 Å². The lowest BCUT2D eigenvalue weighted by Crippen LogP contribution is -2.26. The van der Waals surface area contributed by atoms with Crippen LogP contribution < -0.4 is 21.3 Å². The number of para-hydroxylation sites is 1. The zero-order valence-corrected chi connectivity index (χ0v) is 7.24. The standard InChI is InChI=1S/C8H13N3O/c1-11(10)8-6(9)4-3-5-7(8)12-2/h3-5H,9-10H2,1-2H3. The number of methoxy groups -OCH3 is 1. The van der Waals surface area contributed by atoms with Gasteiger partial charge in [-0.15, -0.1) is 0 Å². The zero-order valence-electron chi connectivity index (χ0n) is 7.24. The van der Waals surface area contributed by atoms with Crippen molar-refractivity contribution in [2.24, 2.45) is 5.84 Å². The van der Waals surface area contributed by atoms with Crippen LogP contribution in [0.2, 0.25) is 0 Å². The van der Waals surface area contributed by atoms with Crippen molar-refractivity contribution >= 4 is 11.4 Å². The predicted octanol–water partition coefficient (Wildman–Crippen LogP) is 0.587. The molecule has 12 heavy (non-hydrogen) atoms. The van der Waals surface area contributed by atoms with Crippen LogP contribution in [0.5, 0.6) is 5.75 Å². The van der Waals surface area contributed by atoms with E-state index in [4.69, 9.17) is 16.3 Å². The Bertz CT molecular complexity index is 273. The number of anilines is 2. The van der Waals surface area contributed by atoms with Crippen LogP contribution in [0.25, 0.3) is 0 Å². The number of hydrogen-bond acceptors (Lipinski definition) is 4. The maximum absolute atomic E-state index is 5.70. The van der Waals surface area contributed by atoms with E-state index in [0.29, 0.717) is 17.1 Å². The second-order valence-electron chi connectivity index (χ2n) is 2.51. The van der Waals surface area contributed by atoms with E-state index in [-0.39, 0.29) is 0 Å². The molecule has 4 nitrogen and oxygen atoms in total. The van der Waals surface area contributed by atoms with Gasteiger partial charge in [0.2, 0.25) is 0 Å². The highest BCUT2D eigenvalue weighted by Crippen LogP contribution is 2.31. The average Bonchev–Trinajstić information content (AvgIpc) is 2.03. The van der Waals surface area contributed by atoms with E-state index in [0.717, 1.165) is 0 Å². The highest BCUT2D eigenvalue weighted by atomic mass is 16.5. The third kappa shape index (κ3) is 1.43. The predicted molar refractivity (Wildman–Crippen MR) is 50.0 cm³/mol. The Balaban J connectivity index is 3.20. The Labute approximate surface area is 71.7 Å². The summed E-state index contributed by atoms with van der Waals surface area (Å²) < 4.78 is 5.09. The van der Waals surface area contributed by atoms with Crippen molar-refractivity contribution < 1.29 is 4.74 Å². The maximum atomic E-state index is 5.70. The molecule has 0 heterocycles. The lowest BCUT2D eigenvalue weighted by atomic mass is 10.2. The molecular formula is C8H13N3O. The van der Waals surface area contributed by atoms with Crippen LogP contribution in [-0.2, 0) is 0 Å². The quantitative estimate of drug-likeness (QED) is 0.384. The number of hydrazine groups is 1. The molecule has 4 heteroatoms. The van der Waals surface area contributed by atoms with E-state index < -0.39 is 0 Å². The molecule has 0 aliphatic carbocycles. The van der Waals surface area contributed by atoms with Crippen LogP contribution in [0, 0.1) is 0 Å². The van der Waals surface area contributed by atoms with Crippen LogP contribution in [0.3, 0.4) is 0 Å². The van der Waals surface area contributed by atoms with Crippen molar-refractivity contribution in [1.82, 2.24) is 0 Å². The van der Waals surface area contributed by atoms with Gasteiger partial charge in [-0.05, 0) is 12.1 Å². The molecule has 0 atom stereocenters. The van der Waals surface area contributed by atoms with Crippen LogP contribution in [0.4, 0.5) is 11.4 Å². The number of rotatable bonds is 2. The first-order chi connectivity index (χ1) is 5.66. The molecule has 0 bridgehead atoms. The molecule has 66 valence electrons. The van der Waals surface area contributed by atoms with E-state index in [1.54, 1.807) is 20.2 Å². The van der Waals surface area contributed by atoms with Gasteiger partial charge in [-0.1, -0.05) is 6.07 Å². The molecule has 0 saturated carbocycles. The molecule has 1 rings (SSSR count). The van der Waals surface area contributed by atoms with Crippen LogP contribution in [0.15, 0.2) is 18.2 Å². The fraction of sp³-hybridized carbons (Fsp3) is 0.250. The van der Waals surface area contributed by atoms with Crippen molar-refractivity contribution in [3.8, 4) is 5.75 Å². The number of benzene rings is 1. The topological polar surface area (TPSA) is 64.5 Å². The lowest BCUT2D eigenvalue weighted by molar-refractivity contribution is 0.415. The normalized spacial score (nSPS) is 9.58. The summed E-state index contributed by atoms with van der Waals surface area (Å²) >= 11 is 0. The van der Waals surface area contributed by atoms with Crippen molar-refractivity contribution in [2.45, 2.75) is 0 Å². The largest absolute Gasteiger partial charge is 0.494 e. The summed E-state index contributed by atoms with van der Waals surface area (Å²) in [6.07, 6.45) is 0. The smallest absolute Gasteiger partial charge is 0.145 e. The highest BCUT2D eigenvalue weighted by molar-refractivity contribution is 5.73. The second-order valence-corrected chi connectivity index (χ2v) is 2.51. The fourth-order valence-corrected chi connectivity index (χ4v) is 1.08. The van der Waals surface area contributed by atoms with Crippen molar-refractivity contribution in [1.29, 1.82) is 0 Å². The van der Waals surface area contributed by atoms with Gasteiger partial charge in [0.25, 0.3) is 0 Å². The first kappa shape index (κ1) is 8.67. The zero-order chi connectivity index (χ0) is 9.14. The summed E-state index contributed by atoms with van der Waals surface area (Å²) in [6.45, 7) is 0. The summed E-state index contributed by atoms with van der Waals surface area (Å²) in [5, 5.41) is 1.44. The van der Waals surface area contributed by atoms with Gasteiger partial charge in [0.1, 0.15) is 11.4 Å². The molecule has 1 aromatic carbocycles. The molecule has 0 saturated heterocycles. The van der Waals surface area contributed by atoms with E-state index in [2.05, 4.69) is 0 Å². The Morgan fingerprint density at radius 3 is 2.50 bits per heavy atom. The minimum atomic E-state index is 0.611. The van der Waals surface area contributed by atoms with Gasteiger partial charge in [-0.3, -0.25) is 0 Å². The summed E-state index contributed by atoms with van der Waals surface area (Å²) in [5.41, 5.74) is 7.02. The Kier molecular flexibility index (Phi) is 2.40. The van der Waals surface area contributed by atoms with Crippen molar-refractivity contribution in [3.05, 3.63) is 18.2 Å². The van der Waals surface area contributed by atoms with Gasteiger partial charge in [0.15, 0.2) is 0 Å². The number of nitrogens with two attached hydrogens (primary N) is 2. The number of ether oxygens (including phenoxy) is 1. The molecule has 0 amide bonds. The molecule has 4 N–H and O–H groups in total. The van der Waals surface area contributed by atoms with E-state index in [9.17, 15) is 0 Å². The molecule has 1 aromatic rings.